The van der Waals surface area contributed by atoms with Crippen LogP contribution >= 0.6 is 15.9 Å². The monoisotopic (exact) mass is 310 g/mol. The lowest BCUT2D eigenvalue weighted by molar-refractivity contribution is 0.386. The molecule has 0 aliphatic carbocycles. The first kappa shape index (κ1) is 13.9. The van der Waals surface area contributed by atoms with Crippen LogP contribution in [0.3, 0.4) is 0 Å². The predicted octanol–water partition coefficient (Wildman–Crippen LogP) is 3.72. The van der Waals surface area contributed by atoms with Gasteiger partial charge in [-0.25, -0.2) is 0 Å². The number of hydrogen-bond donors (Lipinski definition) is 1. The van der Waals surface area contributed by atoms with E-state index < -0.39 is 0 Å². The Kier molecular flexibility index (Phi) is 4.68. The standard InChI is InChI=1S/C15H23BrN2/c1-4-5-13-10-18(12(3)9-17-13)15-7-6-11(2)8-14(15)16/h6-8,12-13,17H,4-5,9-10H2,1-3H3. The highest BCUT2D eigenvalue weighted by molar-refractivity contribution is 9.10. The topological polar surface area (TPSA) is 15.3 Å². The van der Waals surface area contributed by atoms with Crippen molar-refractivity contribution < 1.29 is 0 Å². The second-order valence-electron chi connectivity index (χ2n) is 5.35. The summed E-state index contributed by atoms with van der Waals surface area (Å²) in [6.45, 7) is 8.87. The van der Waals surface area contributed by atoms with E-state index in [2.05, 4.69) is 65.1 Å². The summed E-state index contributed by atoms with van der Waals surface area (Å²) < 4.78 is 1.21. The molecule has 2 atom stereocenters. The van der Waals surface area contributed by atoms with E-state index in [4.69, 9.17) is 0 Å². The van der Waals surface area contributed by atoms with Crippen molar-refractivity contribution in [3.05, 3.63) is 28.2 Å². The number of nitrogens with one attached hydrogen (secondary N) is 1. The first-order valence-electron chi connectivity index (χ1n) is 6.88. The van der Waals surface area contributed by atoms with Crippen molar-refractivity contribution in [3.8, 4) is 0 Å². The lowest BCUT2D eigenvalue weighted by Gasteiger charge is -2.41. The minimum Gasteiger partial charge on any atom is -0.365 e. The Morgan fingerprint density at radius 1 is 1.44 bits per heavy atom. The van der Waals surface area contributed by atoms with Gasteiger partial charge in [-0.05, 0) is 53.9 Å². The van der Waals surface area contributed by atoms with Gasteiger partial charge in [0.25, 0.3) is 0 Å². The van der Waals surface area contributed by atoms with E-state index in [-0.39, 0.29) is 0 Å². The van der Waals surface area contributed by atoms with Gasteiger partial charge in [0, 0.05) is 29.6 Å². The van der Waals surface area contributed by atoms with Gasteiger partial charge in [-0.2, -0.15) is 0 Å². The van der Waals surface area contributed by atoms with Crippen molar-refractivity contribution in [3.63, 3.8) is 0 Å². The lowest BCUT2D eigenvalue weighted by Crippen LogP contribution is -2.55. The number of hydrogen-bond acceptors (Lipinski definition) is 2. The van der Waals surface area contributed by atoms with Crippen molar-refractivity contribution >= 4 is 21.6 Å². The maximum Gasteiger partial charge on any atom is 0.0514 e. The number of anilines is 1. The van der Waals surface area contributed by atoms with Crippen LogP contribution in [0, 0.1) is 6.92 Å². The number of aryl methyl sites for hydroxylation is 1. The molecule has 1 N–H and O–H groups in total. The average molecular weight is 311 g/mol. The third-order valence-corrected chi connectivity index (χ3v) is 4.34. The van der Waals surface area contributed by atoms with Gasteiger partial charge in [0.2, 0.25) is 0 Å². The van der Waals surface area contributed by atoms with E-state index in [0.29, 0.717) is 12.1 Å². The molecule has 100 valence electrons. The third-order valence-electron chi connectivity index (χ3n) is 3.70. The molecule has 3 heteroatoms. The van der Waals surface area contributed by atoms with Crippen molar-refractivity contribution in [2.24, 2.45) is 0 Å². The molecule has 0 bridgehead atoms. The van der Waals surface area contributed by atoms with Crippen LogP contribution in [0.4, 0.5) is 5.69 Å². The van der Waals surface area contributed by atoms with Crippen LogP contribution in [0.15, 0.2) is 22.7 Å². The maximum atomic E-state index is 3.71. The Balaban J connectivity index is 2.18. The Labute approximate surface area is 119 Å². The lowest BCUT2D eigenvalue weighted by atomic mass is 10.0. The first-order chi connectivity index (χ1) is 8.61. The van der Waals surface area contributed by atoms with Crippen LogP contribution < -0.4 is 10.2 Å². The number of benzene rings is 1. The molecule has 0 radical (unpaired) electrons. The maximum absolute atomic E-state index is 3.71. The Morgan fingerprint density at radius 2 is 2.22 bits per heavy atom. The molecular weight excluding hydrogens is 288 g/mol. The quantitative estimate of drug-likeness (QED) is 0.915. The van der Waals surface area contributed by atoms with Gasteiger partial charge in [0.1, 0.15) is 0 Å². The molecule has 1 aromatic rings. The van der Waals surface area contributed by atoms with Gasteiger partial charge in [0.15, 0.2) is 0 Å². The Hall–Kier alpha value is -0.540. The van der Waals surface area contributed by atoms with Crippen LogP contribution in [-0.2, 0) is 0 Å². The molecule has 2 rings (SSSR count). The molecule has 1 aromatic carbocycles. The molecule has 1 aliphatic rings. The molecule has 0 aromatic heterocycles. The summed E-state index contributed by atoms with van der Waals surface area (Å²) in [6, 6.07) is 7.82. The fraction of sp³-hybridized carbons (Fsp3) is 0.600. The molecule has 1 fully saturated rings. The molecule has 1 heterocycles. The summed E-state index contributed by atoms with van der Waals surface area (Å²) in [7, 11) is 0. The highest BCUT2D eigenvalue weighted by atomic mass is 79.9. The SMILES string of the molecule is CCCC1CN(c2ccc(C)cc2Br)C(C)CN1. The number of nitrogens with zero attached hydrogens (tertiary/aromatic N) is 1. The molecule has 2 nitrogen and oxygen atoms in total. The average Bonchev–Trinajstić information content (AvgIpc) is 2.33. The van der Waals surface area contributed by atoms with Gasteiger partial charge in [-0.15, -0.1) is 0 Å². The normalized spacial score (nSPS) is 24.3. The van der Waals surface area contributed by atoms with Crippen molar-refractivity contribution in [2.75, 3.05) is 18.0 Å². The molecule has 0 saturated carbocycles. The van der Waals surface area contributed by atoms with E-state index in [1.165, 1.54) is 28.6 Å². The van der Waals surface area contributed by atoms with Gasteiger partial charge >= 0.3 is 0 Å². The fourth-order valence-electron chi connectivity index (χ4n) is 2.65. The van der Waals surface area contributed by atoms with Gasteiger partial charge in [-0.3, -0.25) is 0 Å². The fourth-order valence-corrected chi connectivity index (χ4v) is 3.37. The van der Waals surface area contributed by atoms with E-state index >= 15 is 0 Å². The summed E-state index contributed by atoms with van der Waals surface area (Å²) >= 11 is 3.71. The zero-order valence-electron chi connectivity index (χ0n) is 11.5. The number of halogens is 1. The largest absolute Gasteiger partial charge is 0.365 e. The molecule has 18 heavy (non-hydrogen) atoms. The van der Waals surface area contributed by atoms with E-state index in [1.807, 2.05) is 0 Å². The molecule has 1 aliphatic heterocycles. The smallest absolute Gasteiger partial charge is 0.0514 e. The zero-order valence-corrected chi connectivity index (χ0v) is 13.1. The molecular formula is C15H23BrN2. The summed E-state index contributed by atoms with van der Waals surface area (Å²) in [5, 5.41) is 3.64. The van der Waals surface area contributed by atoms with E-state index in [1.54, 1.807) is 0 Å². The van der Waals surface area contributed by atoms with Gasteiger partial charge in [0.05, 0.1) is 5.69 Å². The summed E-state index contributed by atoms with van der Waals surface area (Å²) in [5.74, 6) is 0. The van der Waals surface area contributed by atoms with Crippen LogP contribution in [0.25, 0.3) is 0 Å². The highest BCUT2D eigenvalue weighted by Crippen LogP contribution is 2.30. The second kappa shape index (κ2) is 6.07. The van der Waals surface area contributed by atoms with Crippen LogP contribution in [-0.4, -0.2) is 25.2 Å². The van der Waals surface area contributed by atoms with Crippen LogP contribution in [0.2, 0.25) is 0 Å². The predicted molar refractivity (Wildman–Crippen MR) is 82.4 cm³/mol. The third kappa shape index (κ3) is 3.07. The first-order valence-corrected chi connectivity index (χ1v) is 7.67. The second-order valence-corrected chi connectivity index (χ2v) is 6.20. The summed E-state index contributed by atoms with van der Waals surface area (Å²) in [5.41, 5.74) is 2.63. The van der Waals surface area contributed by atoms with Crippen molar-refractivity contribution in [2.45, 2.75) is 45.7 Å². The minimum absolute atomic E-state index is 0.553. The van der Waals surface area contributed by atoms with Crippen LogP contribution in [0.1, 0.15) is 32.3 Å². The van der Waals surface area contributed by atoms with Crippen molar-refractivity contribution in [1.82, 2.24) is 5.32 Å². The van der Waals surface area contributed by atoms with Crippen LogP contribution in [0.5, 0.6) is 0 Å². The van der Waals surface area contributed by atoms with E-state index in [0.717, 1.165) is 13.1 Å². The molecule has 2 unspecified atom stereocenters. The van der Waals surface area contributed by atoms with Gasteiger partial charge < -0.3 is 10.2 Å². The highest BCUT2D eigenvalue weighted by Gasteiger charge is 2.25. The summed E-state index contributed by atoms with van der Waals surface area (Å²) in [6.07, 6.45) is 2.50. The van der Waals surface area contributed by atoms with Crippen molar-refractivity contribution in [1.29, 1.82) is 0 Å². The molecule has 0 amide bonds. The van der Waals surface area contributed by atoms with Gasteiger partial charge in [-0.1, -0.05) is 19.4 Å². The number of rotatable bonds is 3. The summed E-state index contributed by atoms with van der Waals surface area (Å²) in [4.78, 5) is 2.53. The Morgan fingerprint density at radius 3 is 2.89 bits per heavy atom. The Bertz CT molecular complexity index is 405. The molecule has 0 spiro atoms. The van der Waals surface area contributed by atoms with E-state index in [9.17, 15) is 0 Å². The molecule has 1 saturated heterocycles. The number of piperazine rings is 1. The zero-order chi connectivity index (χ0) is 13.1. The minimum atomic E-state index is 0.553.